The van der Waals surface area contributed by atoms with Gasteiger partial charge >= 0.3 is 0 Å². The summed E-state index contributed by atoms with van der Waals surface area (Å²) >= 11 is 5.98. The summed E-state index contributed by atoms with van der Waals surface area (Å²) in [6.07, 6.45) is 0. The monoisotopic (exact) mass is 303 g/mol. The highest BCUT2D eigenvalue weighted by Crippen LogP contribution is 2.17. The summed E-state index contributed by atoms with van der Waals surface area (Å²) in [4.78, 5) is 16.5. The number of hydrogen-bond donors (Lipinski definition) is 0. The number of methoxy groups -OCH3 is 2. The highest BCUT2D eigenvalue weighted by Gasteiger charge is 2.19. The largest absolute Gasteiger partial charge is 0.383 e. The molecule has 1 unspecified atom stereocenters. The molecule has 1 aromatic heterocycles. The van der Waals surface area contributed by atoms with Gasteiger partial charge in [0.05, 0.1) is 19.3 Å². The molecule has 0 aromatic carbocycles. The van der Waals surface area contributed by atoms with E-state index in [9.17, 15) is 0 Å². The second kappa shape index (κ2) is 8.18. The Morgan fingerprint density at radius 3 is 2.30 bits per heavy atom. The van der Waals surface area contributed by atoms with Gasteiger partial charge in [-0.1, -0.05) is 0 Å². The molecule has 0 aliphatic carbocycles. The van der Waals surface area contributed by atoms with Crippen molar-refractivity contribution >= 4 is 23.5 Å². The van der Waals surface area contributed by atoms with Gasteiger partial charge in [0.2, 0.25) is 17.2 Å². The molecule has 114 valence electrons. The topological polar surface area (TPSA) is 63.6 Å². The Balaban J connectivity index is 3.05. The maximum Gasteiger partial charge on any atom is 0.231 e. The summed E-state index contributed by atoms with van der Waals surface area (Å²) in [5, 5.41) is 0.172. The molecule has 1 heterocycles. The van der Waals surface area contributed by atoms with Crippen molar-refractivity contribution in [3.63, 3.8) is 0 Å². The molecule has 1 atom stereocenters. The van der Waals surface area contributed by atoms with E-state index in [1.54, 1.807) is 19.1 Å². The van der Waals surface area contributed by atoms with Gasteiger partial charge in [-0.2, -0.15) is 15.0 Å². The summed E-state index contributed by atoms with van der Waals surface area (Å²) in [6, 6.07) is 0.101. The highest BCUT2D eigenvalue weighted by atomic mass is 35.5. The van der Waals surface area contributed by atoms with E-state index in [0.717, 1.165) is 0 Å². The Bertz CT molecular complexity index is 419. The predicted octanol–water partition coefficient (Wildman–Crippen LogP) is 1.08. The molecular formula is C12H22ClN5O2. The standard InChI is InChI=1S/C12H22ClN5O2/c1-9(8-20-5)18(6-7-19-4)12-15-10(13)14-11(16-12)17(2)3/h9H,6-8H2,1-5H3. The SMILES string of the molecule is COCCN(c1nc(Cl)nc(N(C)C)n1)C(C)COC. The molecule has 0 spiro atoms. The number of halogens is 1. The molecule has 1 aromatic rings. The van der Waals surface area contributed by atoms with Gasteiger partial charge in [-0.3, -0.25) is 0 Å². The normalized spacial score (nSPS) is 12.3. The third-order valence-electron chi connectivity index (χ3n) is 2.72. The number of ether oxygens (including phenoxy) is 2. The quantitative estimate of drug-likeness (QED) is 0.712. The molecular weight excluding hydrogens is 282 g/mol. The van der Waals surface area contributed by atoms with Crippen LogP contribution in [0.3, 0.4) is 0 Å². The van der Waals surface area contributed by atoms with Crippen LogP contribution >= 0.6 is 11.6 Å². The minimum Gasteiger partial charge on any atom is -0.383 e. The second-order valence-corrected chi connectivity index (χ2v) is 4.93. The molecule has 20 heavy (non-hydrogen) atoms. The van der Waals surface area contributed by atoms with Crippen LogP contribution in [0.25, 0.3) is 0 Å². The van der Waals surface area contributed by atoms with E-state index >= 15 is 0 Å². The molecule has 0 N–H and O–H groups in total. The lowest BCUT2D eigenvalue weighted by Crippen LogP contribution is -2.40. The molecule has 0 fully saturated rings. The first kappa shape index (κ1) is 16.9. The number of aromatic nitrogens is 3. The Morgan fingerprint density at radius 2 is 1.75 bits per heavy atom. The fourth-order valence-corrected chi connectivity index (χ4v) is 1.85. The number of rotatable bonds is 8. The molecule has 0 saturated carbocycles. The van der Waals surface area contributed by atoms with Crippen LogP contribution in [-0.4, -0.2) is 69.1 Å². The first-order chi connectivity index (χ1) is 9.49. The van der Waals surface area contributed by atoms with E-state index in [4.69, 9.17) is 21.1 Å². The van der Waals surface area contributed by atoms with Crippen molar-refractivity contribution < 1.29 is 9.47 Å². The van der Waals surface area contributed by atoms with Crippen LogP contribution in [0.1, 0.15) is 6.92 Å². The predicted molar refractivity (Wildman–Crippen MR) is 79.7 cm³/mol. The molecule has 8 heteroatoms. The van der Waals surface area contributed by atoms with E-state index in [1.165, 1.54) is 0 Å². The Hall–Kier alpha value is -1.18. The smallest absolute Gasteiger partial charge is 0.231 e. The van der Waals surface area contributed by atoms with Crippen LogP contribution in [0.15, 0.2) is 0 Å². The highest BCUT2D eigenvalue weighted by molar-refractivity contribution is 6.28. The third-order valence-corrected chi connectivity index (χ3v) is 2.89. The van der Waals surface area contributed by atoms with E-state index in [2.05, 4.69) is 15.0 Å². The zero-order valence-electron chi connectivity index (χ0n) is 12.6. The van der Waals surface area contributed by atoms with Crippen molar-refractivity contribution in [2.45, 2.75) is 13.0 Å². The van der Waals surface area contributed by atoms with Gasteiger partial charge < -0.3 is 19.3 Å². The van der Waals surface area contributed by atoms with Gasteiger partial charge in [0, 0.05) is 34.9 Å². The zero-order valence-corrected chi connectivity index (χ0v) is 13.4. The van der Waals surface area contributed by atoms with Crippen LogP contribution in [0.5, 0.6) is 0 Å². The Kier molecular flexibility index (Phi) is 6.90. The molecule has 0 bridgehead atoms. The van der Waals surface area contributed by atoms with E-state index in [0.29, 0.717) is 31.7 Å². The van der Waals surface area contributed by atoms with Gasteiger partial charge in [0.15, 0.2) is 0 Å². The van der Waals surface area contributed by atoms with Crippen LogP contribution in [0.2, 0.25) is 5.28 Å². The van der Waals surface area contributed by atoms with Crippen LogP contribution in [0, 0.1) is 0 Å². The number of anilines is 2. The Morgan fingerprint density at radius 1 is 1.10 bits per heavy atom. The molecule has 1 rings (SSSR count). The van der Waals surface area contributed by atoms with Gasteiger partial charge in [-0.15, -0.1) is 0 Å². The zero-order chi connectivity index (χ0) is 15.1. The van der Waals surface area contributed by atoms with Gasteiger partial charge in [0.1, 0.15) is 0 Å². The summed E-state index contributed by atoms with van der Waals surface area (Å²) < 4.78 is 10.3. The molecule has 0 aliphatic rings. The summed E-state index contributed by atoms with van der Waals surface area (Å²) in [6.45, 7) is 3.80. The average molecular weight is 304 g/mol. The third kappa shape index (κ3) is 4.73. The van der Waals surface area contributed by atoms with Crippen molar-refractivity contribution in [1.29, 1.82) is 0 Å². The molecule has 0 amide bonds. The fraction of sp³-hybridized carbons (Fsp3) is 0.750. The molecule has 0 saturated heterocycles. The van der Waals surface area contributed by atoms with Crippen molar-refractivity contribution in [3.05, 3.63) is 5.28 Å². The van der Waals surface area contributed by atoms with Gasteiger partial charge in [-0.05, 0) is 18.5 Å². The van der Waals surface area contributed by atoms with Crippen LogP contribution in [-0.2, 0) is 9.47 Å². The summed E-state index contributed by atoms with van der Waals surface area (Å²) in [5.41, 5.74) is 0. The number of hydrogen-bond acceptors (Lipinski definition) is 7. The van der Waals surface area contributed by atoms with Crippen molar-refractivity contribution in [1.82, 2.24) is 15.0 Å². The summed E-state index contributed by atoms with van der Waals surface area (Å²) in [5.74, 6) is 1.04. The van der Waals surface area contributed by atoms with Gasteiger partial charge in [-0.25, -0.2) is 0 Å². The maximum atomic E-state index is 5.98. The van der Waals surface area contributed by atoms with Crippen molar-refractivity contribution in [2.75, 3.05) is 57.9 Å². The minimum absolute atomic E-state index is 0.101. The lowest BCUT2D eigenvalue weighted by molar-refractivity contribution is 0.170. The fourth-order valence-electron chi connectivity index (χ4n) is 1.70. The van der Waals surface area contributed by atoms with Gasteiger partial charge in [0.25, 0.3) is 0 Å². The minimum atomic E-state index is 0.101. The molecule has 7 nitrogen and oxygen atoms in total. The van der Waals surface area contributed by atoms with Crippen LogP contribution in [0.4, 0.5) is 11.9 Å². The van der Waals surface area contributed by atoms with Crippen molar-refractivity contribution in [3.8, 4) is 0 Å². The Labute approximate surface area is 124 Å². The maximum absolute atomic E-state index is 5.98. The van der Waals surface area contributed by atoms with E-state index in [-0.39, 0.29) is 11.3 Å². The van der Waals surface area contributed by atoms with E-state index in [1.807, 2.05) is 25.9 Å². The number of nitrogens with zero attached hydrogens (tertiary/aromatic N) is 5. The lowest BCUT2D eigenvalue weighted by Gasteiger charge is -2.29. The second-order valence-electron chi connectivity index (χ2n) is 4.59. The van der Waals surface area contributed by atoms with E-state index < -0.39 is 0 Å². The lowest BCUT2D eigenvalue weighted by atomic mass is 10.3. The first-order valence-electron chi connectivity index (χ1n) is 6.33. The average Bonchev–Trinajstić information content (AvgIpc) is 2.38. The first-order valence-corrected chi connectivity index (χ1v) is 6.70. The van der Waals surface area contributed by atoms with Crippen molar-refractivity contribution in [2.24, 2.45) is 0 Å². The van der Waals surface area contributed by atoms with Crippen LogP contribution < -0.4 is 9.80 Å². The molecule has 0 radical (unpaired) electrons. The summed E-state index contributed by atoms with van der Waals surface area (Å²) in [7, 11) is 7.03. The molecule has 0 aliphatic heterocycles.